The summed E-state index contributed by atoms with van der Waals surface area (Å²) in [7, 11) is 0. The minimum Gasteiger partial charge on any atom is -0.454 e. The largest absolute Gasteiger partial charge is 0.454 e. The zero-order valence-electron chi connectivity index (χ0n) is 11.1. The Balaban J connectivity index is 2.24. The summed E-state index contributed by atoms with van der Waals surface area (Å²) in [5.41, 5.74) is 6.97. The van der Waals surface area contributed by atoms with Crippen LogP contribution < -0.4 is 10.5 Å². The predicted molar refractivity (Wildman–Crippen MR) is 79.5 cm³/mol. The van der Waals surface area contributed by atoms with Gasteiger partial charge in [0.05, 0.1) is 12.4 Å². The molecular formula is C14H18BrN3O. The molecule has 0 radical (unpaired) electrons. The van der Waals surface area contributed by atoms with E-state index in [4.69, 9.17) is 10.5 Å². The maximum absolute atomic E-state index is 5.90. The van der Waals surface area contributed by atoms with Gasteiger partial charge in [-0.25, -0.2) is 0 Å². The molecule has 19 heavy (non-hydrogen) atoms. The highest BCUT2D eigenvalue weighted by Gasteiger charge is 2.09. The molecule has 0 saturated heterocycles. The molecule has 4 nitrogen and oxygen atoms in total. The van der Waals surface area contributed by atoms with Crippen LogP contribution in [0.25, 0.3) is 0 Å². The number of aryl methyl sites for hydroxylation is 1. The smallest absolute Gasteiger partial charge is 0.165 e. The van der Waals surface area contributed by atoms with Gasteiger partial charge in [-0.05, 0) is 38.0 Å². The van der Waals surface area contributed by atoms with Gasteiger partial charge in [-0.1, -0.05) is 22.0 Å². The fourth-order valence-electron chi connectivity index (χ4n) is 1.84. The molecule has 0 spiro atoms. The molecule has 2 aromatic rings. The van der Waals surface area contributed by atoms with E-state index in [9.17, 15) is 0 Å². The normalized spacial score (nSPS) is 12.4. The molecule has 0 aliphatic rings. The fourth-order valence-corrected chi connectivity index (χ4v) is 2.18. The van der Waals surface area contributed by atoms with Crippen LogP contribution in [0.2, 0.25) is 0 Å². The Hall–Kier alpha value is -1.33. The molecule has 1 aromatic carbocycles. The molecule has 0 fully saturated rings. The van der Waals surface area contributed by atoms with Gasteiger partial charge < -0.3 is 10.5 Å². The number of halogens is 1. The Kier molecular flexibility index (Phi) is 4.61. The molecule has 0 bridgehead atoms. The average molecular weight is 324 g/mol. The Morgan fingerprint density at radius 3 is 2.89 bits per heavy atom. The summed E-state index contributed by atoms with van der Waals surface area (Å²) in [5.74, 6) is 1.56. The van der Waals surface area contributed by atoms with Gasteiger partial charge in [-0.3, -0.25) is 4.68 Å². The third kappa shape index (κ3) is 3.81. The van der Waals surface area contributed by atoms with Crippen molar-refractivity contribution in [1.29, 1.82) is 0 Å². The van der Waals surface area contributed by atoms with Crippen LogP contribution in [0.5, 0.6) is 11.5 Å². The van der Waals surface area contributed by atoms with Crippen LogP contribution in [0.15, 0.2) is 35.1 Å². The van der Waals surface area contributed by atoms with E-state index in [2.05, 4.69) is 21.0 Å². The number of hydrogen-bond acceptors (Lipinski definition) is 3. The number of aromatic nitrogens is 2. The standard InChI is InChI=1S/C14H18BrN3O/c1-3-18-9-13(8-17-18)19-14-7-12(15)5-4-11(14)6-10(2)16/h4-5,7-10H,3,6,16H2,1-2H3. The van der Waals surface area contributed by atoms with Crippen LogP contribution in [-0.2, 0) is 13.0 Å². The molecule has 2 rings (SSSR count). The van der Waals surface area contributed by atoms with Crippen molar-refractivity contribution in [2.24, 2.45) is 5.73 Å². The molecule has 1 heterocycles. The summed E-state index contributed by atoms with van der Waals surface area (Å²) in [4.78, 5) is 0. The van der Waals surface area contributed by atoms with Crippen LogP contribution in [0.1, 0.15) is 19.4 Å². The van der Waals surface area contributed by atoms with E-state index in [0.717, 1.165) is 34.5 Å². The Bertz CT molecular complexity index is 551. The van der Waals surface area contributed by atoms with Crippen molar-refractivity contribution >= 4 is 15.9 Å². The van der Waals surface area contributed by atoms with E-state index >= 15 is 0 Å². The zero-order chi connectivity index (χ0) is 13.8. The Labute approximate surface area is 121 Å². The lowest BCUT2D eigenvalue weighted by molar-refractivity contribution is 0.472. The number of benzene rings is 1. The van der Waals surface area contributed by atoms with Crippen LogP contribution in [0.4, 0.5) is 0 Å². The minimum atomic E-state index is 0.0990. The van der Waals surface area contributed by atoms with E-state index in [1.54, 1.807) is 6.20 Å². The molecule has 5 heteroatoms. The first-order valence-electron chi connectivity index (χ1n) is 6.32. The van der Waals surface area contributed by atoms with E-state index < -0.39 is 0 Å². The van der Waals surface area contributed by atoms with E-state index in [-0.39, 0.29) is 6.04 Å². The highest BCUT2D eigenvalue weighted by atomic mass is 79.9. The molecule has 1 unspecified atom stereocenters. The molecule has 1 aromatic heterocycles. The molecule has 0 amide bonds. The molecule has 102 valence electrons. The lowest BCUT2D eigenvalue weighted by atomic mass is 10.1. The summed E-state index contributed by atoms with van der Waals surface area (Å²) in [6, 6.07) is 6.09. The number of nitrogens with zero attached hydrogens (tertiary/aromatic N) is 2. The van der Waals surface area contributed by atoms with Gasteiger partial charge in [0.25, 0.3) is 0 Å². The molecule has 1 atom stereocenters. The first-order chi connectivity index (χ1) is 9.08. The van der Waals surface area contributed by atoms with Crippen molar-refractivity contribution in [2.45, 2.75) is 32.9 Å². The van der Waals surface area contributed by atoms with Crippen molar-refractivity contribution in [3.63, 3.8) is 0 Å². The van der Waals surface area contributed by atoms with Crippen molar-refractivity contribution in [1.82, 2.24) is 9.78 Å². The van der Waals surface area contributed by atoms with Crippen LogP contribution in [-0.4, -0.2) is 15.8 Å². The maximum Gasteiger partial charge on any atom is 0.165 e. The second-order valence-corrected chi connectivity index (χ2v) is 5.48. The van der Waals surface area contributed by atoms with Gasteiger partial charge in [0.2, 0.25) is 0 Å². The van der Waals surface area contributed by atoms with Crippen molar-refractivity contribution in [3.8, 4) is 11.5 Å². The van der Waals surface area contributed by atoms with E-state index in [0.29, 0.717) is 0 Å². The second kappa shape index (κ2) is 6.21. The first-order valence-corrected chi connectivity index (χ1v) is 7.12. The molecular weight excluding hydrogens is 306 g/mol. The molecule has 0 aliphatic heterocycles. The lowest BCUT2D eigenvalue weighted by Crippen LogP contribution is -2.18. The van der Waals surface area contributed by atoms with Gasteiger partial charge >= 0.3 is 0 Å². The summed E-state index contributed by atoms with van der Waals surface area (Å²) >= 11 is 3.46. The number of hydrogen-bond donors (Lipinski definition) is 1. The third-order valence-corrected chi connectivity index (χ3v) is 3.23. The first kappa shape index (κ1) is 14.1. The second-order valence-electron chi connectivity index (χ2n) is 4.57. The minimum absolute atomic E-state index is 0.0990. The molecule has 0 aliphatic carbocycles. The summed E-state index contributed by atoms with van der Waals surface area (Å²) in [5, 5.41) is 4.20. The number of nitrogens with two attached hydrogens (primary N) is 1. The number of ether oxygens (including phenoxy) is 1. The van der Waals surface area contributed by atoms with Crippen LogP contribution in [0, 0.1) is 0 Å². The molecule has 0 saturated carbocycles. The molecule has 2 N–H and O–H groups in total. The van der Waals surface area contributed by atoms with Gasteiger partial charge in [0.1, 0.15) is 5.75 Å². The number of rotatable bonds is 5. The summed E-state index contributed by atoms with van der Waals surface area (Å²) in [6.45, 7) is 4.85. The Morgan fingerprint density at radius 2 is 2.26 bits per heavy atom. The summed E-state index contributed by atoms with van der Waals surface area (Å²) in [6.07, 6.45) is 4.39. The van der Waals surface area contributed by atoms with Crippen molar-refractivity contribution < 1.29 is 4.74 Å². The van der Waals surface area contributed by atoms with Crippen LogP contribution in [0.3, 0.4) is 0 Å². The lowest BCUT2D eigenvalue weighted by Gasteiger charge is -2.12. The Morgan fingerprint density at radius 1 is 1.47 bits per heavy atom. The predicted octanol–water partition coefficient (Wildman–Crippen LogP) is 3.35. The van der Waals surface area contributed by atoms with Crippen molar-refractivity contribution in [2.75, 3.05) is 0 Å². The van der Waals surface area contributed by atoms with Gasteiger partial charge in [-0.2, -0.15) is 5.10 Å². The SMILES string of the molecule is CCn1cc(Oc2cc(Br)ccc2CC(C)N)cn1. The average Bonchev–Trinajstić information content (AvgIpc) is 2.80. The topological polar surface area (TPSA) is 53.1 Å². The summed E-state index contributed by atoms with van der Waals surface area (Å²) < 4.78 is 8.72. The monoisotopic (exact) mass is 323 g/mol. The van der Waals surface area contributed by atoms with Crippen molar-refractivity contribution in [3.05, 3.63) is 40.6 Å². The van der Waals surface area contributed by atoms with Crippen LogP contribution >= 0.6 is 15.9 Å². The van der Waals surface area contributed by atoms with E-state index in [1.165, 1.54) is 0 Å². The highest BCUT2D eigenvalue weighted by Crippen LogP contribution is 2.29. The van der Waals surface area contributed by atoms with Gasteiger partial charge in [0, 0.05) is 17.1 Å². The van der Waals surface area contributed by atoms with Gasteiger partial charge in [0.15, 0.2) is 5.75 Å². The van der Waals surface area contributed by atoms with Gasteiger partial charge in [-0.15, -0.1) is 0 Å². The fraction of sp³-hybridized carbons (Fsp3) is 0.357. The maximum atomic E-state index is 5.90. The third-order valence-electron chi connectivity index (χ3n) is 2.73. The quantitative estimate of drug-likeness (QED) is 0.918. The van der Waals surface area contributed by atoms with E-state index in [1.807, 2.05) is 42.9 Å². The highest BCUT2D eigenvalue weighted by molar-refractivity contribution is 9.10. The zero-order valence-corrected chi connectivity index (χ0v) is 12.7.